The van der Waals surface area contributed by atoms with Gasteiger partial charge in [-0.1, -0.05) is 0 Å². The van der Waals surface area contributed by atoms with Gasteiger partial charge < -0.3 is 14.3 Å². The first-order chi connectivity index (χ1) is 5.83. The molecule has 0 aliphatic carbocycles. The van der Waals surface area contributed by atoms with E-state index in [0.29, 0.717) is 13.0 Å². The van der Waals surface area contributed by atoms with E-state index in [1.54, 1.807) is 0 Å². The Kier molecular flexibility index (Phi) is 1.84. The van der Waals surface area contributed by atoms with E-state index in [1.807, 2.05) is 0 Å². The van der Waals surface area contributed by atoms with Crippen molar-refractivity contribution in [3.63, 3.8) is 0 Å². The van der Waals surface area contributed by atoms with Crippen molar-refractivity contribution in [2.45, 2.75) is 25.0 Å². The van der Waals surface area contributed by atoms with Crippen LogP contribution in [0.1, 0.15) is 12.8 Å². The van der Waals surface area contributed by atoms with Crippen molar-refractivity contribution in [2.75, 3.05) is 6.61 Å². The highest BCUT2D eigenvalue weighted by Gasteiger charge is 2.48. The molecule has 2 heterocycles. The summed E-state index contributed by atoms with van der Waals surface area (Å²) in [7, 11) is 0. The molecule has 0 radical (unpaired) electrons. The van der Waals surface area contributed by atoms with Gasteiger partial charge in [0, 0.05) is 18.9 Å². The molecular weight excluding hydrogens is 160 g/mol. The van der Waals surface area contributed by atoms with Gasteiger partial charge in [-0.25, -0.2) is 4.79 Å². The maximum Gasteiger partial charge on any atom is 0.335 e. The molecule has 2 aliphatic rings. The second-order valence-corrected chi connectivity index (χ2v) is 3.12. The molecule has 0 aromatic heterocycles. The van der Waals surface area contributed by atoms with Gasteiger partial charge in [-0.2, -0.15) is 0 Å². The molecule has 66 valence electrons. The average molecular weight is 170 g/mol. The highest BCUT2D eigenvalue weighted by atomic mass is 16.6. The number of rotatable bonds is 2. The lowest BCUT2D eigenvalue weighted by atomic mass is 9.96. The van der Waals surface area contributed by atoms with Crippen LogP contribution >= 0.6 is 0 Å². The Balaban J connectivity index is 2.09. The minimum absolute atomic E-state index is 0.114. The molecule has 4 nitrogen and oxygen atoms in total. The van der Waals surface area contributed by atoms with E-state index in [1.165, 1.54) is 0 Å². The fraction of sp³-hybridized carbons (Fsp3) is 0.750. The van der Waals surface area contributed by atoms with Crippen LogP contribution in [-0.2, 0) is 19.1 Å². The Morgan fingerprint density at radius 2 is 2.42 bits per heavy atom. The van der Waals surface area contributed by atoms with Crippen LogP contribution in [0.2, 0.25) is 0 Å². The van der Waals surface area contributed by atoms with Gasteiger partial charge in [0.2, 0.25) is 0 Å². The van der Waals surface area contributed by atoms with Crippen LogP contribution in [0.15, 0.2) is 0 Å². The monoisotopic (exact) mass is 170 g/mol. The molecule has 0 aromatic carbocycles. The largest absolute Gasteiger partial charge is 0.460 e. The maximum absolute atomic E-state index is 11.1. The molecule has 0 spiro atoms. The van der Waals surface area contributed by atoms with Gasteiger partial charge in [-0.3, -0.25) is 0 Å². The Morgan fingerprint density at radius 3 is 3.17 bits per heavy atom. The number of esters is 1. The molecule has 2 saturated heterocycles. The van der Waals surface area contributed by atoms with Crippen LogP contribution in [0.3, 0.4) is 0 Å². The van der Waals surface area contributed by atoms with Gasteiger partial charge >= 0.3 is 5.97 Å². The van der Waals surface area contributed by atoms with Gasteiger partial charge in [0.1, 0.15) is 12.4 Å². The molecule has 0 amide bonds. The third-order valence-corrected chi connectivity index (χ3v) is 2.44. The number of aldehydes is 1. The van der Waals surface area contributed by atoms with Crippen molar-refractivity contribution < 1.29 is 19.1 Å². The predicted molar refractivity (Wildman–Crippen MR) is 38.4 cm³/mol. The molecule has 0 unspecified atom stereocenters. The van der Waals surface area contributed by atoms with Crippen LogP contribution in [0.5, 0.6) is 0 Å². The first kappa shape index (κ1) is 7.73. The molecule has 3 atom stereocenters. The Morgan fingerprint density at radius 1 is 1.58 bits per heavy atom. The SMILES string of the molecule is O=CC[C@@H]1OC(=O)[C@@H]2OCC[C@H]12. The Bertz CT molecular complexity index is 213. The summed E-state index contributed by atoms with van der Waals surface area (Å²) in [6.07, 6.45) is 1.29. The van der Waals surface area contributed by atoms with Crippen molar-refractivity contribution in [1.82, 2.24) is 0 Å². The Hall–Kier alpha value is -0.900. The first-order valence-corrected chi connectivity index (χ1v) is 4.08. The number of carbonyl (C=O) groups excluding carboxylic acids is 2. The minimum atomic E-state index is -0.394. The fourth-order valence-electron chi connectivity index (χ4n) is 1.85. The van der Waals surface area contributed by atoms with Crippen LogP contribution in [-0.4, -0.2) is 31.1 Å². The van der Waals surface area contributed by atoms with E-state index in [2.05, 4.69) is 0 Å². The summed E-state index contributed by atoms with van der Waals surface area (Å²) in [6.45, 7) is 0.611. The van der Waals surface area contributed by atoms with Gasteiger partial charge in [0.25, 0.3) is 0 Å². The quantitative estimate of drug-likeness (QED) is 0.429. The molecule has 0 N–H and O–H groups in total. The van der Waals surface area contributed by atoms with E-state index in [9.17, 15) is 9.59 Å². The molecule has 2 fully saturated rings. The van der Waals surface area contributed by atoms with E-state index >= 15 is 0 Å². The number of hydrogen-bond donors (Lipinski definition) is 0. The molecule has 0 aromatic rings. The summed E-state index contributed by atoms with van der Waals surface area (Å²) in [5.41, 5.74) is 0. The predicted octanol–water partition coefficient (Wildman–Crippen LogP) is -0.0941. The summed E-state index contributed by atoms with van der Waals surface area (Å²) >= 11 is 0. The van der Waals surface area contributed by atoms with Gasteiger partial charge in [0.05, 0.1) is 0 Å². The van der Waals surface area contributed by atoms with Crippen LogP contribution in [0.4, 0.5) is 0 Å². The van der Waals surface area contributed by atoms with Crippen LogP contribution in [0, 0.1) is 5.92 Å². The normalized spacial score (nSPS) is 39.3. The van der Waals surface area contributed by atoms with Gasteiger partial charge in [-0.05, 0) is 6.42 Å². The highest BCUT2D eigenvalue weighted by molar-refractivity contribution is 5.78. The van der Waals surface area contributed by atoms with E-state index in [0.717, 1.165) is 12.7 Å². The number of cyclic esters (lactones) is 1. The summed E-state index contributed by atoms with van der Waals surface area (Å²) in [4.78, 5) is 21.3. The molecule has 12 heavy (non-hydrogen) atoms. The molecule has 0 saturated carbocycles. The summed E-state index contributed by atoms with van der Waals surface area (Å²) in [5, 5.41) is 0. The number of fused-ring (bicyclic) bond motifs is 1. The molecular formula is C8H10O4. The van der Waals surface area contributed by atoms with Crippen molar-refractivity contribution in [2.24, 2.45) is 5.92 Å². The lowest BCUT2D eigenvalue weighted by Gasteiger charge is -2.09. The lowest BCUT2D eigenvalue weighted by molar-refractivity contribution is -0.149. The molecule has 4 heteroatoms. The molecule has 2 rings (SSSR count). The number of carbonyl (C=O) groups is 2. The summed E-state index contributed by atoms with van der Waals surface area (Å²) < 4.78 is 10.1. The van der Waals surface area contributed by atoms with Crippen molar-refractivity contribution in [3.8, 4) is 0 Å². The number of hydrogen-bond acceptors (Lipinski definition) is 4. The van der Waals surface area contributed by atoms with E-state index in [-0.39, 0.29) is 18.0 Å². The zero-order chi connectivity index (χ0) is 8.55. The summed E-state index contributed by atoms with van der Waals surface area (Å²) in [5.74, 6) is -0.188. The second kappa shape index (κ2) is 2.86. The zero-order valence-corrected chi connectivity index (χ0v) is 6.56. The van der Waals surface area contributed by atoms with Gasteiger partial charge in [0.15, 0.2) is 6.10 Å². The van der Waals surface area contributed by atoms with Gasteiger partial charge in [-0.15, -0.1) is 0 Å². The van der Waals surface area contributed by atoms with E-state index in [4.69, 9.17) is 9.47 Å². The highest BCUT2D eigenvalue weighted by Crippen LogP contribution is 2.34. The molecule has 0 bridgehead atoms. The maximum atomic E-state index is 11.1. The minimum Gasteiger partial charge on any atom is -0.460 e. The van der Waals surface area contributed by atoms with Crippen molar-refractivity contribution >= 4 is 12.3 Å². The Labute approximate surface area is 69.8 Å². The lowest BCUT2D eigenvalue weighted by Crippen LogP contribution is -2.20. The first-order valence-electron chi connectivity index (χ1n) is 4.08. The second-order valence-electron chi connectivity index (χ2n) is 3.12. The van der Waals surface area contributed by atoms with Crippen molar-refractivity contribution in [1.29, 1.82) is 0 Å². The smallest absolute Gasteiger partial charge is 0.335 e. The third-order valence-electron chi connectivity index (χ3n) is 2.44. The fourth-order valence-corrected chi connectivity index (χ4v) is 1.85. The third kappa shape index (κ3) is 1.03. The number of ether oxygens (including phenoxy) is 2. The van der Waals surface area contributed by atoms with Crippen LogP contribution in [0.25, 0.3) is 0 Å². The average Bonchev–Trinajstić information content (AvgIpc) is 2.58. The standard InChI is InChI=1S/C8H10O4/c9-3-1-6-5-2-4-11-7(5)8(10)12-6/h3,5-7H,1-2,4H2/t5-,6+,7-/m1/s1. The van der Waals surface area contributed by atoms with Crippen molar-refractivity contribution in [3.05, 3.63) is 0 Å². The van der Waals surface area contributed by atoms with Crippen LogP contribution < -0.4 is 0 Å². The summed E-state index contributed by atoms with van der Waals surface area (Å²) in [6, 6.07) is 0. The topological polar surface area (TPSA) is 52.6 Å². The zero-order valence-electron chi connectivity index (χ0n) is 6.56. The molecule has 2 aliphatic heterocycles. The van der Waals surface area contributed by atoms with E-state index < -0.39 is 6.10 Å².